The Morgan fingerprint density at radius 2 is 1.85 bits per heavy atom. The van der Waals surface area contributed by atoms with Gasteiger partial charge in [-0.3, -0.25) is 14.5 Å². The van der Waals surface area contributed by atoms with Crippen molar-refractivity contribution >= 4 is 45.7 Å². The molecule has 1 unspecified atom stereocenters. The lowest BCUT2D eigenvalue weighted by Gasteiger charge is -2.23. The van der Waals surface area contributed by atoms with Crippen LogP contribution in [0.1, 0.15) is 22.7 Å². The highest BCUT2D eigenvalue weighted by atomic mass is 32.2. The number of Topliss-reactive ketones (excluding diaryl/α,β-unsaturated/α-hetero) is 1. The first-order chi connectivity index (χ1) is 19.0. The van der Waals surface area contributed by atoms with E-state index < -0.39 is 29.3 Å². The smallest absolute Gasteiger partial charge is 0.301 e. The van der Waals surface area contributed by atoms with Crippen molar-refractivity contribution < 1.29 is 23.8 Å². The van der Waals surface area contributed by atoms with Gasteiger partial charge in [-0.1, -0.05) is 78.2 Å². The van der Waals surface area contributed by atoms with Gasteiger partial charge in [-0.25, -0.2) is 4.39 Å². The molecule has 7 nitrogen and oxygen atoms in total. The van der Waals surface area contributed by atoms with E-state index >= 15 is 0 Å². The van der Waals surface area contributed by atoms with E-state index in [9.17, 15) is 19.1 Å². The Morgan fingerprint density at radius 3 is 2.59 bits per heavy atom. The quantitative estimate of drug-likeness (QED) is 0.0656. The first-order valence-electron chi connectivity index (χ1n) is 11.9. The number of aliphatic hydroxyl groups excluding tert-OH is 1. The largest absolute Gasteiger partial charge is 0.507 e. The van der Waals surface area contributed by atoms with E-state index in [1.165, 1.54) is 52.3 Å². The monoisotopic (exact) mass is 559 g/mol. The zero-order valence-electron chi connectivity index (χ0n) is 20.5. The molecule has 39 heavy (non-hydrogen) atoms. The molecule has 4 aromatic rings. The van der Waals surface area contributed by atoms with E-state index in [1.54, 1.807) is 30.3 Å². The van der Waals surface area contributed by atoms with Gasteiger partial charge >= 0.3 is 5.91 Å². The molecule has 1 aliphatic heterocycles. The summed E-state index contributed by atoms with van der Waals surface area (Å²) in [7, 11) is 0. The second kappa shape index (κ2) is 11.6. The number of hydrogen-bond acceptors (Lipinski definition) is 8. The number of aliphatic hydroxyl groups is 1. The first kappa shape index (κ1) is 26.3. The summed E-state index contributed by atoms with van der Waals surface area (Å²) in [6.07, 6.45) is 1.60. The van der Waals surface area contributed by atoms with Gasteiger partial charge in [0, 0.05) is 11.3 Å². The predicted octanol–water partition coefficient (Wildman–Crippen LogP) is 6.16. The number of carbonyl (C=O) groups excluding carboxylic acids is 2. The Labute approximate surface area is 232 Å². The van der Waals surface area contributed by atoms with Crippen LogP contribution < -0.4 is 9.64 Å². The van der Waals surface area contributed by atoms with Gasteiger partial charge in [0.25, 0.3) is 5.78 Å². The van der Waals surface area contributed by atoms with Crippen molar-refractivity contribution in [3.05, 3.63) is 120 Å². The molecule has 0 bridgehead atoms. The third kappa shape index (κ3) is 5.62. The van der Waals surface area contributed by atoms with Crippen molar-refractivity contribution in [3.63, 3.8) is 0 Å². The Kier molecular flexibility index (Phi) is 7.85. The lowest BCUT2D eigenvalue weighted by Crippen LogP contribution is -2.29. The van der Waals surface area contributed by atoms with Crippen LogP contribution in [0.2, 0.25) is 0 Å². The molecular weight excluding hydrogens is 537 g/mol. The summed E-state index contributed by atoms with van der Waals surface area (Å²) in [4.78, 5) is 28.0. The highest BCUT2D eigenvalue weighted by Crippen LogP contribution is 2.44. The van der Waals surface area contributed by atoms with Crippen LogP contribution in [0.25, 0.3) is 5.76 Å². The maximum absolute atomic E-state index is 13.5. The lowest BCUT2D eigenvalue weighted by atomic mass is 9.95. The van der Waals surface area contributed by atoms with Gasteiger partial charge in [0.15, 0.2) is 4.34 Å². The molecule has 0 aliphatic carbocycles. The number of aromatic nitrogens is 2. The number of ketones is 1. The zero-order chi connectivity index (χ0) is 27.4. The molecule has 196 valence electrons. The maximum Gasteiger partial charge on any atom is 0.301 e. The van der Waals surface area contributed by atoms with Crippen molar-refractivity contribution in [1.29, 1.82) is 0 Å². The highest BCUT2D eigenvalue weighted by molar-refractivity contribution is 8.00. The summed E-state index contributed by atoms with van der Waals surface area (Å²) < 4.78 is 19.8. The molecule has 0 saturated carbocycles. The van der Waals surface area contributed by atoms with E-state index in [0.29, 0.717) is 21.4 Å². The average molecular weight is 560 g/mol. The van der Waals surface area contributed by atoms with Gasteiger partial charge in [-0.05, 0) is 47.5 Å². The number of benzene rings is 3. The molecule has 1 amide bonds. The molecule has 0 radical (unpaired) electrons. The molecule has 1 atom stereocenters. The summed E-state index contributed by atoms with van der Waals surface area (Å²) in [5.41, 5.74) is 1.69. The second-order valence-electron chi connectivity index (χ2n) is 8.47. The van der Waals surface area contributed by atoms with Crippen molar-refractivity contribution in [3.8, 4) is 5.75 Å². The Bertz CT molecular complexity index is 1550. The second-order valence-corrected chi connectivity index (χ2v) is 10.7. The van der Waals surface area contributed by atoms with Crippen molar-refractivity contribution in [2.24, 2.45) is 0 Å². The molecule has 0 spiro atoms. The number of hydrogen-bond donors (Lipinski definition) is 1. The summed E-state index contributed by atoms with van der Waals surface area (Å²) in [5.74, 6) is -1.49. The number of nitrogens with zero attached hydrogens (tertiary/aromatic N) is 3. The number of halogens is 1. The minimum Gasteiger partial charge on any atom is -0.507 e. The van der Waals surface area contributed by atoms with Crippen LogP contribution in [0.4, 0.5) is 9.52 Å². The van der Waals surface area contributed by atoms with Crippen LogP contribution >= 0.6 is 23.1 Å². The predicted molar refractivity (Wildman–Crippen MR) is 149 cm³/mol. The molecular formula is C29H22FN3O4S2. The van der Waals surface area contributed by atoms with E-state index in [1.807, 2.05) is 30.3 Å². The van der Waals surface area contributed by atoms with E-state index in [4.69, 9.17) is 4.74 Å². The van der Waals surface area contributed by atoms with Crippen molar-refractivity contribution in [2.75, 3.05) is 11.5 Å². The fraction of sp³-hybridized carbons (Fsp3) is 0.103. The topological polar surface area (TPSA) is 92.6 Å². The third-order valence-corrected chi connectivity index (χ3v) is 8.04. The number of anilines is 1. The van der Waals surface area contributed by atoms with Gasteiger partial charge in [0.05, 0.1) is 11.6 Å². The SMILES string of the molecule is C=CCOc1cccc(C2C(=C(O)c3ccc(F)cc3)C(=O)C(=O)N2c2nnc(SCc3ccccc3)s2)c1. The molecule has 1 N–H and O–H groups in total. The van der Waals surface area contributed by atoms with Crippen LogP contribution in [0.3, 0.4) is 0 Å². The Balaban J connectivity index is 1.56. The van der Waals surface area contributed by atoms with Gasteiger partial charge in [0.2, 0.25) is 5.13 Å². The summed E-state index contributed by atoms with van der Waals surface area (Å²) in [6, 6.07) is 20.8. The molecule has 1 saturated heterocycles. The summed E-state index contributed by atoms with van der Waals surface area (Å²) >= 11 is 2.64. The number of amides is 1. The normalized spacial score (nSPS) is 16.4. The maximum atomic E-state index is 13.5. The minimum absolute atomic E-state index is 0.138. The van der Waals surface area contributed by atoms with E-state index in [2.05, 4.69) is 16.8 Å². The van der Waals surface area contributed by atoms with E-state index in [0.717, 1.165) is 5.56 Å². The van der Waals surface area contributed by atoms with Crippen molar-refractivity contribution in [2.45, 2.75) is 16.1 Å². The fourth-order valence-corrected chi connectivity index (χ4v) is 5.94. The fourth-order valence-electron chi connectivity index (χ4n) is 4.12. The van der Waals surface area contributed by atoms with Gasteiger partial charge in [-0.2, -0.15) is 0 Å². The number of rotatable bonds is 9. The van der Waals surface area contributed by atoms with E-state index in [-0.39, 0.29) is 22.9 Å². The number of thioether (sulfide) groups is 1. The Hall–Kier alpha value is -4.28. The molecule has 1 fully saturated rings. The molecule has 1 aliphatic rings. The van der Waals surface area contributed by atoms with Gasteiger partial charge in [-0.15, -0.1) is 10.2 Å². The highest BCUT2D eigenvalue weighted by Gasteiger charge is 2.48. The third-order valence-electron chi connectivity index (χ3n) is 5.91. The van der Waals surface area contributed by atoms with Crippen LogP contribution in [-0.4, -0.2) is 33.6 Å². The minimum atomic E-state index is -1.01. The van der Waals surface area contributed by atoms with Gasteiger partial charge in [0.1, 0.15) is 23.9 Å². The first-order valence-corrected chi connectivity index (χ1v) is 13.7. The average Bonchev–Trinajstić information content (AvgIpc) is 3.53. The van der Waals surface area contributed by atoms with Crippen LogP contribution in [0, 0.1) is 5.82 Å². The lowest BCUT2D eigenvalue weighted by molar-refractivity contribution is -0.132. The molecule has 3 aromatic carbocycles. The molecule has 2 heterocycles. The Morgan fingerprint density at radius 1 is 1.08 bits per heavy atom. The zero-order valence-corrected chi connectivity index (χ0v) is 22.1. The summed E-state index contributed by atoms with van der Waals surface area (Å²) in [6.45, 7) is 3.91. The van der Waals surface area contributed by atoms with Crippen LogP contribution in [0.5, 0.6) is 5.75 Å². The van der Waals surface area contributed by atoms with Crippen LogP contribution in [-0.2, 0) is 15.3 Å². The number of ether oxygens (including phenoxy) is 1. The molecule has 10 heteroatoms. The summed E-state index contributed by atoms with van der Waals surface area (Å²) in [5, 5.41) is 19.9. The van der Waals surface area contributed by atoms with Crippen molar-refractivity contribution in [1.82, 2.24) is 10.2 Å². The molecule has 5 rings (SSSR count). The number of carbonyl (C=O) groups is 2. The molecule has 1 aromatic heterocycles. The standard InChI is InChI=1S/C29H22FN3O4S2/c1-2-15-37-22-10-6-9-20(16-22)24-23(25(34)19-11-13-21(30)14-12-19)26(35)27(36)33(24)28-31-32-29(39-28)38-17-18-7-4-3-5-8-18/h2-14,16,24,34H,1,15,17H2. The van der Waals surface area contributed by atoms with Crippen LogP contribution in [0.15, 0.2) is 101 Å². The van der Waals surface area contributed by atoms with Gasteiger partial charge < -0.3 is 9.84 Å².